The molecule has 4 rings (SSSR count). The van der Waals surface area contributed by atoms with E-state index in [0.717, 1.165) is 34.7 Å². The summed E-state index contributed by atoms with van der Waals surface area (Å²) in [7, 11) is 3.65. The molecular weight excluding hydrogens is 394 g/mol. The lowest BCUT2D eigenvalue weighted by Crippen LogP contribution is -2.48. The molecule has 1 aromatic heterocycles. The van der Waals surface area contributed by atoms with Crippen LogP contribution in [0.2, 0.25) is 0 Å². The van der Waals surface area contributed by atoms with E-state index >= 15 is 0 Å². The minimum atomic E-state index is -0.884. The Kier molecular flexibility index (Phi) is 5.99. The van der Waals surface area contributed by atoms with Gasteiger partial charge in [-0.1, -0.05) is 24.3 Å². The molecule has 1 aliphatic rings. The number of carboxylic acid groups (broad SMARTS) is 1. The molecule has 2 N–H and O–H groups in total. The molecule has 31 heavy (non-hydrogen) atoms. The average Bonchev–Trinajstić information content (AvgIpc) is 2.80. The highest BCUT2D eigenvalue weighted by molar-refractivity contribution is 5.66. The predicted octanol–water partition coefficient (Wildman–Crippen LogP) is 3.86. The van der Waals surface area contributed by atoms with E-state index in [1.165, 1.54) is 4.90 Å². The molecule has 1 fully saturated rings. The monoisotopic (exact) mass is 419 g/mol. The highest BCUT2D eigenvalue weighted by atomic mass is 16.5. The zero-order chi connectivity index (χ0) is 21.8. The number of carbonyl (C=O) groups is 1. The number of benzene rings is 2. The molecule has 160 valence electrons. The first-order valence-electron chi connectivity index (χ1n) is 10.0. The molecule has 1 atom stereocenters. The largest absolute Gasteiger partial charge is 0.497 e. The van der Waals surface area contributed by atoms with Gasteiger partial charge in [-0.05, 0) is 42.4 Å². The van der Waals surface area contributed by atoms with Crippen LogP contribution in [-0.4, -0.2) is 64.8 Å². The Morgan fingerprint density at radius 1 is 1.03 bits per heavy atom. The minimum absolute atomic E-state index is 0.176. The third kappa shape index (κ3) is 4.75. The lowest BCUT2D eigenvalue weighted by atomic mass is 10.0. The molecule has 1 aliphatic heterocycles. The molecule has 0 bridgehead atoms. The van der Waals surface area contributed by atoms with Gasteiger partial charge in [0.25, 0.3) is 0 Å². The molecule has 3 aromatic rings. The standard InChI is InChI=1S/C23H25N5O3/c1-27-11-12-28(23(29)30)21(15-27)17-3-7-19(8-4-17)26-22-24-13-18(14-25-22)16-5-9-20(31-2)10-6-16/h3-10,13-14,21H,11-12,15H2,1-2H3,(H,29,30)(H,24,25,26). The van der Waals surface area contributed by atoms with Crippen molar-refractivity contribution in [2.45, 2.75) is 6.04 Å². The fourth-order valence-corrected chi connectivity index (χ4v) is 3.68. The van der Waals surface area contributed by atoms with Crippen molar-refractivity contribution in [3.8, 4) is 16.9 Å². The van der Waals surface area contributed by atoms with Crippen molar-refractivity contribution in [3.05, 3.63) is 66.5 Å². The van der Waals surface area contributed by atoms with Gasteiger partial charge in [-0.25, -0.2) is 14.8 Å². The fourth-order valence-electron chi connectivity index (χ4n) is 3.68. The molecular formula is C23H25N5O3. The van der Waals surface area contributed by atoms with Crippen LogP contribution in [0.25, 0.3) is 11.1 Å². The van der Waals surface area contributed by atoms with Crippen molar-refractivity contribution in [1.29, 1.82) is 0 Å². The van der Waals surface area contributed by atoms with Crippen LogP contribution in [0.3, 0.4) is 0 Å². The topological polar surface area (TPSA) is 90.8 Å². The first-order chi connectivity index (χ1) is 15.0. The highest BCUT2D eigenvalue weighted by Crippen LogP contribution is 2.27. The van der Waals surface area contributed by atoms with Crippen molar-refractivity contribution >= 4 is 17.7 Å². The molecule has 8 heteroatoms. The molecule has 1 saturated heterocycles. The Bertz CT molecular complexity index is 1020. The Morgan fingerprint density at radius 2 is 1.71 bits per heavy atom. The van der Waals surface area contributed by atoms with Crippen molar-refractivity contribution in [2.24, 2.45) is 0 Å². The van der Waals surface area contributed by atoms with Gasteiger partial charge in [-0.3, -0.25) is 4.90 Å². The first kappa shape index (κ1) is 20.6. The SMILES string of the molecule is COc1ccc(-c2cnc(Nc3ccc(C4CN(C)CCN4C(=O)O)cc3)nc2)cc1. The maximum atomic E-state index is 11.6. The normalized spacial score (nSPS) is 16.7. The van der Waals surface area contributed by atoms with Gasteiger partial charge in [0.2, 0.25) is 5.95 Å². The third-order valence-corrected chi connectivity index (χ3v) is 5.46. The Morgan fingerprint density at radius 3 is 2.32 bits per heavy atom. The number of ether oxygens (including phenoxy) is 1. The van der Waals surface area contributed by atoms with Gasteiger partial charge < -0.3 is 20.1 Å². The summed E-state index contributed by atoms with van der Waals surface area (Å²) in [4.78, 5) is 24.0. The molecule has 2 heterocycles. The minimum Gasteiger partial charge on any atom is -0.497 e. The van der Waals surface area contributed by atoms with Crippen LogP contribution in [0.1, 0.15) is 11.6 Å². The number of anilines is 2. The fraction of sp³-hybridized carbons (Fsp3) is 0.261. The van der Waals surface area contributed by atoms with Gasteiger partial charge in [0.15, 0.2) is 0 Å². The predicted molar refractivity (Wildman–Crippen MR) is 119 cm³/mol. The van der Waals surface area contributed by atoms with E-state index in [4.69, 9.17) is 4.74 Å². The van der Waals surface area contributed by atoms with E-state index in [0.29, 0.717) is 19.0 Å². The summed E-state index contributed by atoms with van der Waals surface area (Å²) < 4.78 is 5.19. The number of aromatic nitrogens is 2. The molecule has 1 amide bonds. The van der Waals surface area contributed by atoms with E-state index in [-0.39, 0.29) is 6.04 Å². The molecule has 8 nitrogen and oxygen atoms in total. The summed E-state index contributed by atoms with van der Waals surface area (Å²) in [6.07, 6.45) is 2.66. The number of hydrogen-bond donors (Lipinski definition) is 2. The summed E-state index contributed by atoms with van der Waals surface area (Å²) in [5, 5.41) is 12.7. The molecule has 0 aliphatic carbocycles. The van der Waals surface area contributed by atoms with E-state index in [1.54, 1.807) is 19.5 Å². The Balaban J connectivity index is 1.44. The van der Waals surface area contributed by atoms with Crippen molar-refractivity contribution in [3.63, 3.8) is 0 Å². The van der Waals surface area contributed by atoms with Crippen LogP contribution in [0.5, 0.6) is 5.75 Å². The van der Waals surface area contributed by atoms with E-state index < -0.39 is 6.09 Å². The van der Waals surface area contributed by atoms with Crippen LogP contribution in [0.4, 0.5) is 16.4 Å². The summed E-state index contributed by atoms with van der Waals surface area (Å²) in [6.45, 7) is 1.92. The third-order valence-electron chi connectivity index (χ3n) is 5.46. The van der Waals surface area contributed by atoms with Crippen molar-refractivity contribution in [2.75, 3.05) is 39.1 Å². The zero-order valence-corrected chi connectivity index (χ0v) is 17.5. The van der Waals surface area contributed by atoms with E-state index in [1.807, 2.05) is 55.6 Å². The lowest BCUT2D eigenvalue weighted by molar-refractivity contribution is 0.0775. The van der Waals surface area contributed by atoms with Gasteiger partial charge in [-0.15, -0.1) is 0 Å². The Hall–Kier alpha value is -3.65. The number of nitrogens with one attached hydrogen (secondary N) is 1. The van der Waals surface area contributed by atoms with Gasteiger partial charge in [-0.2, -0.15) is 0 Å². The second kappa shape index (κ2) is 9.01. The zero-order valence-electron chi connectivity index (χ0n) is 17.5. The van der Waals surface area contributed by atoms with Gasteiger partial charge >= 0.3 is 6.09 Å². The average molecular weight is 419 g/mol. The summed E-state index contributed by atoms with van der Waals surface area (Å²) in [6, 6.07) is 15.3. The van der Waals surface area contributed by atoms with E-state index in [2.05, 4.69) is 20.2 Å². The number of methoxy groups -OCH3 is 1. The maximum Gasteiger partial charge on any atom is 0.407 e. The molecule has 2 aromatic carbocycles. The molecule has 1 unspecified atom stereocenters. The number of amides is 1. The second-order valence-electron chi connectivity index (χ2n) is 7.52. The highest BCUT2D eigenvalue weighted by Gasteiger charge is 2.29. The van der Waals surface area contributed by atoms with Gasteiger partial charge in [0.1, 0.15) is 5.75 Å². The Labute approximate surface area is 181 Å². The maximum absolute atomic E-state index is 11.6. The van der Waals surface area contributed by atoms with Crippen LogP contribution in [-0.2, 0) is 0 Å². The number of piperazine rings is 1. The summed E-state index contributed by atoms with van der Waals surface area (Å²) in [5.41, 5.74) is 3.73. The van der Waals surface area contributed by atoms with Crippen LogP contribution in [0.15, 0.2) is 60.9 Å². The molecule has 0 saturated carbocycles. The van der Waals surface area contributed by atoms with Crippen LogP contribution < -0.4 is 10.1 Å². The van der Waals surface area contributed by atoms with Crippen molar-refractivity contribution < 1.29 is 14.6 Å². The smallest absolute Gasteiger partial charge is 0.407 e. The number of rotatable bonds is 5. The number of nitrogens with zero attached hydrogens (tertiary/aromatic N) is 4. The number of hydrogen-bond acceptors (Lipinski definition) is 6. The van der Waals surface area contributed by atoms with Crippen LogP contribution >= 0.6 is 0 Å². The van der Waals surface area contributed by atoms with Crippen LogP contribution in [0, 0.1) is 0 Å². The molecule has 0 radical (unpaired) electrons. The molecule has 0 spiro atoms. The van der Waals surface area contributed by atoms with Crippen molar-refractivity contribution in [1.82, 2.24) is 19.8 Å². The van der Waals surface area contributed by atoms with Gasteiger partial charge in [0, 0.05) is 43.3 Å². The lowest BCUT2D eigenvalue weighted by Gasteiger charge is -2.38. The second-order valence-corrected chi connectivity index (χ2v) is 7.52. The quantitative estimate of drug-likeness (QED) is 0.649. The van der Waals surface area contributed by atoms with Gasteiger partial charge in [0.05, 0.1) is 13.2 Å². The number of likely N-dealkylation sites (N-methyl/N-ethyl adjacent to an activating group) is 1. The first-order valence-corrected chi connectivity index (χ1v) is 10.0. The summed E-state index contributed by atoms with van der Waals surface area (Å²) in [5.74, 6) is 1.30. The summed E-state index contributed by atoms with van der Waals surface area (Å²) >= 11 is 0. The van der Waals surface area contributed by atoms with E-state index in [9.17, 15) is 9.90 Å².